The first-order valence-corrected chi connectivity index (χ1v) is 5.45. The third-order valence-electron chi connectivity index (χ3n) is 3.06. The van der Waals surface area contributed by atoms with Gasteiger partial charge in [-0.05, 0) is 18.4 Å². The second-order valence-electron chi connectivity index (χ2n) is 4.11. The molecular formula is C12H13NO3. The number of nitro benzene ring substituents is 1. The van der Waals surface area contributed by atoms with Gasteiger partial charge in [0.05, 0.1) is 4.92 Å². The highest BCUT2D eigenvalue weighted by molar-refractivity contribution is 5.86. The molecule has 0 saturated heterocycles. The highest BCUT2D eigenvalue weighted by Gasteiger charge is 2.23. The Bertz CT molecular complexity index is 411. The Hall–Kier alpha value is -1.71. The quantitative estimate of drug-likeness (QED) is 0.567. The van der Waals surface area contributed by atoms with Gasteiger partial charge in [-0.1, -0.05) is 18.6 Å². The lowest BCUT2D eigenvalue weighted by Gasteiger charge is -2.20. The first kappa shape index (κ1) is 10.8. The fraction of sp³-hybridized carbons (Fsp3) is 0.417. The van der Waals surface area contributed by atoms with Gasteiger partial charge in [0.1, 0.15) is 5.78 Å². The molecule has 0 spiro atoms. The topological polar surface area (TPSA) is 60.2 Å². The third-order valence-corrected chi connectivity index (χ3v) is 3.06. The number of rotatable bonds is 2. The summed E-state index contributed by atoms with van der Waals surface area (Å²) in [4.78, 5) is 21.7. The van der Waals surface area contributed by atoms with Crippen molar-refractivity contribution in [3.05, 3.63) is 39.9 Å². The van der Waals surface area contributed by atoms with Crippen LogP contribution in [0.25, 0.3) is 0 Å². The second kappa shape index (κ2) is 4.43. The van der Waals surface area contributed by atoms with Crippen LogP contribution in [0.2, 0.25) is 0 Å². The second-order valence-corrected chi connectivity index (χ2v) is 4.11. The number of benzene rings is 1. The van der Waals surface area contributed by atoms with Crippen LogP contribution in [0, 0.1) is 10.1 Å². The Morgan fingerprint density at radius 2 is 1.88 bits per heavy atom. The van der Waals surface area contributed by atoms with E-state index < -0.39 is 4.92 Å². The number of nitrogens with zero attached hydrogens (tertiary/aromatic N) is 1. The average molecular weight is 219 g/mol. The van der Waals surface area contributed by atoms with E-state index in [9.17, 15) is 14.9 Å². The van der Waals surface area contributed by atoms with Crippen molar-refractivity contribution in [1.29, 1.82) is 0 Å². The third kappa shape index (κ3) is 2.10. The standard InChI is InChI=1S/C12H13NO3/c14-12-4-2-1-3-11(12)9-5-7-10(8-6-9)13(15)16/h5-8,11H,1-4H2. The zero-order chi connectivity index (χ0) is 11.5. The number of non-ortho nitro benzene ring substituents is 1. The fourth-order valence-electron chi connectivity index (χ4n) is 2.16. The molecule has 1 saturated carbocycles. The molecule has 1 aromatic carbocycles. The smallest absolute Gasteiger partial charge is 0.269 e. The maximum absolute atomic E-state index is 11.7. The summed E-state index contributed by atoms with van der Waals surface area (Å²) in [5, 5.41) is 10.5. The normalized spacial score (nSPS) is 20.8. The maximum atomic E-state index is 11.7. The summed E-state index contributed by atoms with van der Waals surface area (Å²) in [6.07, 6.45) is 3.55. The van der Waals surface area contributed by atoms with Gasteiger partial charge >= 0.3 is 0 Å². The molecule has 0 radical (unpaired) electrons. The van der Waals surface area contributed by atoms with E-state index in [0.29, 0.717) is 6.42 Å². The van der Waals surface area contributed by atoms with Crippen molar-refractivity contribution in [2.45, 2.75) is 31.6 Å². The van der Waals surface area contributed by atoms with Crippen molar-refractivity contribution in [2.24, 2.45) is 0 Å². The van der Waals surface area contributed by atoms with Gasteiger partial charge in [0.25, 0.3) is 5.69 Å². The van der Waals surface area contributed by atoms with Gasteiger partial charge in [-0.15, -0.1) is 0 Å². The lowest BCUT2D eigenvalue weighted by atomic mass is 9.83. The number of hydrogen-bond acceptors (Lipinski definition) is 3. The summed E-state index contributed by atoms with van der Waals surface area (Å²) in [6.45, 7) is 0. The number of Topliss-reactive ketones (excluding diaryl/α,β-unsaturated/α-hetero) is 1. The monoisotopic (exact) mass is 219 g/mol. The van der Waals surface area contributed by atoms with Crippen LogP contribution in [0.3, 0.4) is 0 Å². The van der Waals surface area contributed by atoms with Crippen LogP contribution in [0.15, 0.2) is 24.3 Å². The van der Waals surface area contributed by atoms with Crippen LogP contribution in [-0.2, 0) is 4.79 Å². The number of carbonyl (C=O) groups is 1. The van der Waals surface area contributed by atoms with Crippen molar-refractivity contribution in [2.75, 3.05) is 0 Å². The Kier molecular flexibility index (Phi) is 2.99. The van der Waals surface area contributed by atoms with E-state index in [1.807, 2.05) is 0 Å². The van der Waals surface area contributed by atoms with E-state index in [4.69, 9.17) is 0 Å². The number of carbonyl (C=O) groups excluding carboxylic acids is 1. The predicted molar refractivity (Wildman–Crippen MR) is 59.3 cm³/mol. The molecule has 1 fully saturated rings. The molecular weight excluding hydrogens is 206 g/mol. The summed E-state index contributed by atoms with van der Waals surface area (Å²) in [7, 11) is 0. The van der Waals surface area contributed by atoms with Crippen molar-refractivity contribution in [3.8, 4) is 0 Å². The van der Waals surface area contributed by atoms with Crippen molar-refractivity contribution < 1.29 is 9.72 Å². The molecule has 0 bridgehead atoms. The van der Waals surface area contributed by atoms with Gasteiger partial charge in [-0.25, -0.2) is 0 Å². The molecule has 0 N–H and O–H groups in total. The van der Waals surface area contributed by atoms with Crippen LogP contribution in [0.5, 0.6) is 0 Å². The number of hydrogen-bond donors (Lipinski definition) is 0. The predicted octanol–water partition coefficient (Wildman–Crippen LogP) is 2.82. The van der Waals surface area contributed by atoms with Gasteiger partial charge < -0.3 is 0 Å². The molecule has 4 heteroatoms. The lowest BCUT2D eigenvalue weighted by molar-refractivity contribution is -0.384. The van der Waals surface area contributed by atoms with Gasteiger partial charge in [0, 0.05) is 24.5 Å². The first-order chi connectivity index (χ1) is 7.68. The van der Waals surface area contributed by atoms with E-state index in [1.54, 1.807) is 12.1 Å². The van der Waals surface area contributed by atoms with Gasteiger partial charge in [0.15, 0.2) is 0 Å². The Labute approximate surface area is 93.4 Å². The number of nitro groups is 1. The largest absolute Gasteiger partial charge is 0.299 e. The van der Waals surface area contributed by atoms with E-state index in [1.165, 1.54) is 12.1 Å². The molecule has 1 atom stereocenters. The minimum atomic E-state index is -0.424. The Morgan fingerprint density at radius 3 is 2.44 bits per heavy atom. The zero-order valence-electron chi connectivity index (χ0n) is 8.89. The lowest BCUT2D eigenvalue weighted by Crippen LogP contribution is -2.16. The van der Waals surface area contributed by atoms with Crippen LogP contribution in [-0.4, -0.2) is 10.7 Å². The molecule has 0 aliphatic heterocycles. The molecule has 0 heterocycles. The summed E-state index contributed by atoms with van der Waals surface area (Å²) in [5.41, 5.74) is 0.988. The van der Waals surface area contributed by atoms with Crippen LogP contribution in [0.4, 0.5) is 5.69 Å². The molecule has 16 heavy (non-hydrogen) atoms. The summed E-state index contributed by atoms with van der Waals surface area (Å²) < 4.78 is 0. The fourth-order valence-corrected chi connectivity index (χ4v) is 2.16. The highest BCUT2D eigenvalue weighted by atomic mass is 16.6. The van der Waals surface area contributed by atoms with Gasteiger partial charge in [0.2, 0.25) is 0 Å². The van der Waals surface area contributed by atoms with E-state index in [-0.39, 0.29) is 17.4 Å². The maximum Gasteiger partial charge on any atom is 0.269 e. The zero-order valence-corrected chi connectivity index (χ0v) is 8.89. The minimum Gasteiger partial charge on any atom is -0.299 e. The Balaban J connectivity index is 2.20. The molecule has 1 aliphatic rings. The summed E-state index contributed by atoms with van der Waals surface area (Å²) >= 11 is 0. The van der Waals surface area contributed by atoms with E-state index in [0.717, 1.165) is 24.8 Å². The summed E-state index contributed by atoms with van der Waals surface area (Å²) in [6, 6.07) is 6.34. The Morgan fingerprint density at radius 1 is 1.19 bits per heavy atom. The molecule has 1 aliphatic carbocycles. The molecule has 4 nitrogen and oxygen atoms in total. The van der Waals surface area contributed by atoms with Crippen LogP contribution < -0.4 is 0 Å². The van der Waals surface area contributed by atoms with Crippen molar-refractivity contribution >= 4 is 11.5 Å². The molecule has 0 amide bonds. The van der Waals surface area contributed by atoms with Crippen molar-refractivity contribution in [3.63, 3.8) is 0 Å². The van der Waals surface area contributed by atoms with Crippen LogP contribution in [0.1, 0.15) is 37.2 Å². The summed E-state index contributed by atoms with van der Waals surface area (Å²) in [5.74, 6) is 0.217. The molecule has 2 rings (SSSR count). The first-order valence-electron chi connectivity index (χ1n) is 5.45. The number of ketones is 1. The molecule has 1 aromatic rings. The molecule has 1 unspecified atom stereocenters. The molecule has 84 valence electrons. The minimum absolute atomic E-state index is 0.0467. The highest BCUT2D eigenvalue weighted by Crippen LogP contribution is 2.30. The van der Waals surface area contributed by atoms with Gasteiger partial charge in [-0.3, -0.25) is 14.9 Å². The SMILES string of the molecule is O=C1CCCCC1c1ccc([N+](=O)[O-])cc1. The van der Waals surface area contributed by atoms with E-state index in [2.05, 4.69) is 0 Å². The van der Waals surface area contributed by atoms with Crippen LogP contribution >= 0.6 is 0 Å². The average Bonchev–Trinajstić information content (AvgIpc) is 2.30. The van der Waals surface area contributed by atoms with Gasteiger partial charge in [-0.2, -0.15) is 0 Å². The van der Waals surface area contributed by atoms with Crippen molar-refractivity contribution in [1.82, 2.24) is 0 Å². The molecule has 0 aromatic heterocycles. The van der Waals surface area contributed by atoms with E-state index >= 15 is 0 Å².